The van der Waals surface area contributed by atoms with Gasteiger partial charge < -0.3 is 10.6 Å². The van der Waals surface area contributed by atoms with Gasteiger partial charge in [0.05, 0.1) is 6.61 Å². The Bertz CT molecular complexity index is 116. The Labute approximate surface area is 51.7 Å². The van der Waals surface area contributed by atoms with Crippen molar-refractivity contribution in [3.63, 3.8) is 0 Å². The van der Waals surface area contributed by atoms with Crippen LogP contribution in [0.1, 0.15) is 0 Å². The van der Waals surface area contributed by atoms with Gasteiger partial charge in [-0.2, -0.15) is 0 Å². The molecule has 7 heteroatoms. The quantitative estimate of drug-likeness (QED) is 0.290. The Kier molecular flexibility index (Phi) is 3.96. The van der Waals surface area contributed by atoms with E-state index in [1.807, 2.05) is 0 Å². The van der Waals surface area contributed by atoms with Crippen molar-refractivity contribution >= 4 is 7.82 Å². The fourth-order valence-electron chi connectivity index (χ4n) is 0.192. The SMILES string of the molecule is NCCOP(=O)(O)OO. The minimum atomic E-state index is -4.21. The fourth-order valence-corrected chi connectivity index (χ4v) is 0.575. The van der Waals surface area contributed by atoms with Crippen LogP contribution in [0.2, 0.25) is 0 Å². The van der Waals surface area contributed by atoms with Crippen LogP contribution in [0.5, 0.6) is 0 Å². The minimum Gasteiger partial charge on any atom is -0.328 e. The standard InChI is InChI=1S/C2H8NO5P/c3-1-2-7-9(5,6)8-4/h4H,1-3H2,(H,5,6). The molecule has 4 N–H and O–H groups in total. The second kappa shape index (κ2) is 3.94. The smallest absolute Gasteiger partial charge is 0.328 e. The predicted octanol–water partition coefficient (Wildman–Crippen LogP) is -0.448. The molecular formula is C2H8NO5P. The van der Waals surface area contributed by atoms with Crippen molar-refractivity contribution in [1.29, 1.82) is 0 Å². The lowest BCUT2D eigenvalue weighted by molar-refractivity contribution is -0.162. The summed E-state index contributed by atoms with van der Waals surface area (Å²) in [4.78, 5) is 8.26. The topological polar surface area (TPSA) is 102 Å². The summed E-state index contributed by atoms with van der Waals surface area (Å²) in [5.41, 5.74) is 4.90. The van der Waals surface area contributed by atoms with Crippen LogP contribution in [0.15, 0.2) is 0 Å². The molecule has 0 bridgehead atoms. The van der Waals surface area contributed by atoms with Gasteiger partial charge in [-0.05, 0) is 0 Å². The van der Waals surface area contributed by atoms with E-state index in [1.165, 1.54) is 0 Å². The zero-order valence-corrected chi connectivity index (χ0v) is 5.45. The van der Waals surface area contributed by atoms with Gasteiger partial charge in [0.2, 0.25) is 0 Å². The molecule has 0 aromatic heterocycles. The first-order valence-electron chi connectivity index (χ1n) is 2.13. The van der Waals surface area contributed by atoms with Crippen molar-refractivity contribution in [3.8, 4) is 0 Å². The summed E-state index contributed by atoms with van der Waals surface area (Å²) in [7, 11) is -4.21. The summed E-state index contributed by atoms with van der Waals surface area (Å²) in [6.07, 6.45) is 0. The van der Waals surface area contributed by atoms with Gasteiger partial charge in [0.25, 0.3) is 0 Å². The van der Waals surface area contributed by atoms with Crippen molar-refractivity contribution in [2.45, 2.75) is 0 Å². The molecule has 0 amide bonds. The van der Waals surface area contributed by atoms with Gasteiger partial charge in [-0.1, -0.05) is 0 Å². The first-order chi connectivity index (χ1) is 4.12. The summed E-state index contributed by atoms with van der Waals surface area (Å²) in [6, 6.07) is 0. The molecule has 56 valence electrons. The predicted molar refractivity (Wildman–Crippen MR) is 28.5 cm³/mol. The summed E-state index contributed by atoms with van der Waals surface area (Å²) in [5, 5.41) is 7.64. The first-order valence-corrected chi connectivity index (χ1v) is 3.62. The zero-order chi connectivity index (χ0) is 7.33. The lowest BCUT2D eigenvalue weighted by atomic mass is 10.8. The van der Waals surface area contributed by atoms with Crippen LogP contribution in [0.3, 0.4) is 0 Å². The van der Waals surface area contributed by atoms with Gasteiger partial charge in [0.15, 0.2) is 0 Å². The summed E-state index contributed by atoms with van der Waals surface area (Å²) in [6.45, 7) is -0.0394. The normalized spacial score (nSPS) is 17.2. The largest absolute Gasteiger partial charge is 0.499 e. The highest BCUT2D eigenvalue weighted by atomic mass is 31.2. The van der Waals surface area contributed by atoms with Crippen molar-refractivity contribution in [2.24, 2.45) is 5.73 Å². The molecular weight excluding hydrogens is 149 g/mol. The Balaban J connectivity index is 3.46. The van der Waals surface area contributed by atoms with Crippen LogP contribution in [0.4, 0.5) is 0 Å². The summed E-state index contributed by atoms with van der Waals surface area (Å²) < 4.78 is 17.3. The van der Waals surface area contributed by atoms with Gasteiger partial charge in [0, 0.05) is 6.54 Å². The molecule has 0 fully saturated rings. The lowest BCUT2D eigenvalue weighted by Crippen LogP contribution is -2.07. The highest BCUT2D eigenvalue weighted by molar-refractivity contribution is 7.47. The molecule has 0 aromatic carbocycles. The molecule has 0 aliphatic rings. The monoisotopic (exact) mass is 157 g/mol. The van der Waals surface area contributed by atoms with E-state index in [-0.39, 0.29) is 13.2 Å². The average molecular weight is 157 g/mol. The number of hydrogen-bond donors (Lipinski definition) is 3. The van der Waals surface area contributed by atoms with Crippen LogP contribution in [0.25, 0.3) is 0 Å². The highest BCUT2D eigenvalue weighted by Gasteiger charge is 2.19. The Morgan fingerprint density at radius 2 is 2.22 bits per heavy atom. The van der Waals surface area contributed by atoms with Crippen LogP contribution < -0.4 is 5.73 Å². The molecule has 0 saturated heterocycles. The molecule has 0 aliphatic carbocycles. The Hall–Kier alpha value is 0.0300. The van der Waals surface area contributed by atoms with Crippen molar-refractivity contribution in [2.75, 3.05) is 13.2 Å². The number of hydrogen-bond acceptors (Lipinski definition) is 5. The molecule has 1 atom stereocenters. The highest BCUT2D eigenvalue weighted by Crippen LogP contribution is 2.41. The molecule has 0 heterocycles. The van der Waals surface area contributed by atoms with E-state index in [0.29, 0.717) is 0 Å². The van der Waals surface area contributed by atoms with Gasteiger partial charge in [-0.3, -0.25) is 4.52 Å². The first kappa shape index (κ1) is 9.03. The zero-order valence-electron chi connectivity index (χ0n) is 4.56. The Morgan fingerprint density at radius 1 is 1.67 bits per heavy atom. The third kappa shape index (κ3) is 4.53. The van der Waals surface area contributed by atoms with E-state index in [9.17, 15) is 4.57 Å². The molecule has 0 rings (SSSR count). The summed E-state index contributed by atoms with van der Waals surface area (Å²) >= 11 is 0. The van der Waals surface area contributed by atoms with E-state index in [1.54, 1.807) is 0 Å². The molecule has 0 saturated carbocycles. The molecule has 0 radical (unpaired) electrons. The van der Waals surface area contributed by atoms with Gasteiger partial charge >= 0.3 is 7.82 Å². The Morgan fingerprint density at radius 3 is 2.56 bits per heavy atom. The number of phosphoric acid groups is 1. The van der Waals surface area contributed by atoms with E-state index in [0.717, 1.165) is 0 Å². The molecule has 6 nitrogen and oxygen atoms in total. The molecule has 9 heavy (non-hydrogen) atoms. The molecule has 0 spiro atoms. The van der Waals surface area contributed by atoms with E-state index in [2.05, 4.69) is 9.20 Å². The van der Waals surface area contributed by atoms with Gasteiger partial charge in [-0.25, -0.2) is 9.82 Å². The van der Waals surface area contributed by atoms with Crippen LogP contribution in [-0.4, -0.2) is 23.3 Å². The number of nitrogens with two attached hydrogens (primary N) is 1. The molecule has 0 aliphatic heterocycles. The van der Waals surface area contributed by atoms with Crippen LogP contribution >= 0.6 is 7.82 Å². The molecule has 0 aromatic rings. The van der Waals surface area contributed by atoms with Crippen molar-refractivity contribution in [1.82, 2.24) is 0 Å². The third-order valence-electron chi connectivity index (χ3n) is 0.475. The lowest BCUT2D eigenvalue weighted by Gasteiger charge is -2.04. The second-order valence-electron chi connectivity index (χ2n) is 1.17. The van der Waals surface area contributed by atoms with Crippen LogP contribution in [-0.2, 0) is 13.8 Å². The van der Waals surface area contributed by atoms with E-state index in [4.69, 9.17) is 15.9 Å². The third-order valence-corrected chi connectivity index (χ3v) is 1.19. The van der Waals surface area contributed by atoms with Crippen molar-refractivity contribution < 1.29 is 23.9 Å². The van der Waals surface area contributed by atoms with Gasteiger partial charge in [-0.15, -0.1) is 4.67 Å². The van der Waals surface area contributed by atoms with E-state index < -0.39 is 7.82 Å². The van der Waals surface area contributed by atoms with Gasteiger partial charge in [0.1, 0.15) is 0 Å². The average Bonchev–Trinajstić information content (AvgIpc) is 1.84. The molecule has 1 unspecified atom stereocenters. The number of rotatable bonds is 4. The van der Waals surface area contributed by atoms with Crippen molar-refractivity contribution in [3.05, 3.63) is 0 Å². The minimum absolute atomic E-state index is 0.0912. The second-order valence-corrected chi connectivity index (χ2v) is 2.53. The maximum absolute atomic E-state index is 10.1. The maximum atomic E-state index is 10.1. The van der Waals surface area contributed by atoms with Crippen LogP contribution in [0, 0.1) is 0 Å². The maximum Gasteiger partial charge on any atom is 0.499 e. The van der Waals surface area contributed by atoms with E-state index >= 15 is 0 Å². The fraction of sp³-hybridized carbons (Fsp3) is 1.00. The summed E-state index contributed by atoms with van der Waals surface area (Å²) in [5.74, 6) is 0. The number of phosphoric ester groups is 1.